The number of nitro groups is 1. The molecule has 0 amide bonds. The summed E-state index contributed by atoms with van der Waals surface area (Å²) in [6.45, 7) is 0.196. The van der Waals surface area contributed by atoms with Crippen molar-refractivity contribution in [1.29, 1.82) is 0 Å². The molecule has 0 aliphatic carbocycles. The quantitative estimate of drug-likeness (QED) is 0.506. The Labute approximate surface area is 128 Å². The van der Waals surface area contributed by atoms with Gasteiger partial charge >= 0.3 is 0 Å². The monoisotopic (exact) mass is 356 g/mol. The number of halogens is 2. The van der Waals surface area contributed by atoms with Crippen LogP contribution >= 0.6 is 27.5 Å². The van der Waals surface area contributed by atoms with Gasteiger partial charge in [-0.2, -0.15) is 0 Å². The van der Waals surface area contributed by atoms with Gasteiger partial charge < -0.3 is 10.5 Å². The van der Waals surface area contributed by atoms with Crippen molar-refractivity contribution in [3.05, 3.63) is 61.6 Å². The van der Waals surface area contributed by atoms with Crippen molar-refractivity contribution in [2.75, 3.05) is 5.73 Å². The Balaban J connectivity index is 2.15. The van der Waals surface area contributed by atoms with E-state index in [1.165, 1.54) is 12.1 Å². The first-order valence-corrected chi connectivity index (χ1v) is 6.75. The third kappa shape index (κ3) is 3.40. The fourth-order valence-corrected chi connectivity index (χ4v) is 2.39. The summed E-state index contributed by atoms with van der Waals surface area (Å²) in [5.41, 5.74) is 6.20. The molecule has 0 spiro atoms. The molecule has 0 heterocycles. The fourth-order valence-electron chi connectivity index (χ4n) is 1.59. The van der Waals surface area contributed by atoms with Gasteiger partial charge in [0.1, 0.15) is 18.0 Å². The smallest absolute Gasteiger partial charge is 0.292 e. The van der Waals surface area contributed by atoms with Crippen LogP contribution in [-0.4, -0.2) is 4.92 Å². The van der Waals surface area contributed by atoms with Crippen molar-refractivity contribution in [3.63, 3.8) is 0 Å². The molecule has 0 aromatic heterocycles. The van der Waals surface area contributed by atoms with Crippen LogP contribution in [0.15, 0.2) is 40.9 Å². The maximum absolute atomic E-state index is 10.8. The first kappa shape index (κ1) is 14.6. The van der Waals surface area contributed by atoms with Gasteiger partial charge in [0.15, 0.2) is 0 Å². The van der Waals surface area contributed by atoms with Gasteiger partial charge in [-0.05, 0) is 45.8 Å². The van der Waals surface area contributed by atoms with E-state index in [0.29, 0.717) is 16.3 Å². The van der Waals surface area contributed by atoms with Crippen LogP contribution in [0.2, 0.25) is 5.02 Å². The van der Waals surface area contributed by atoms with Crippen LogP contribution < -0.4 is 10.5 Å². The average molecular weight is 358 g/mol. The Hall–Kier alpha value is -1.79. The van der Waals surface area contributed by atoms with Gasteiger partial charge in [-0.15, -0.1) is 0 Å². The summed E-state index contributed by atoms with van der Waals surface area (Å²) in [6.07, 6.45) is 0. The number of rotatable bonds is 4. The highest BCUT2D eigenvalue weighted by atomic mass is 79.9. The first-order chi connectivity index (χ1) is 9.47. The molecule has 0 bridgehead atoms. The number of nitro benzene ring substituents is 1. The molecule has 5 nitrogen and oxygen atoms in total. The van der Waals surface area contributed by atoms with E-state index in [0.717, 1.165) is 4.47 Å². The molecule has 0 radical (unpaired) electrons. The van der Waals surface area contributed by atoms with Crippen LogP contribution in [0.4, 0.5) is 11.4 Å². The third-order valence-electron chi connectivity index (χ3n) is 2.58. The van der Waals surface area contributed by atoms with Crippen LogP contribution in [0.5, 0.6) is 5.75 Å². The molecule has 2 aromatic carbocycles. The summed E-state index contributed by atoms with van der Waals surface area (Å²) in [4.78, 5) is 10.3. The topological polar surface area (TPSA) is 78.4 Å². The second-order valence-corrected chi connectivity index (χ2v) is 5.30. The van der Waals surface area contributed by atoms with Gasteiger partial charge in [-0.25, -0.2) is 0 Å². The van der Waals surface area contributed by atoms with E-state index in [2.05, 4.69) is 15.9 Å². The molecule has 0 aliphatic rings. The lowest BCUT2D eigenvalue weighted by atomic mass is 10.2. The molecule has 0 aliphatic heterocycles. The van der Waals surface area contributed by atoms with E-state index >= 15 is 0 Å². The Kier molecular flexibility index (Phi) is 4.46. The summed E-state index contributed by atoms with van der Waals surface area (Å²) < 4.78 is 6.30. The number of anilines is 1. The number of nitrogen functional groups attached to an aromatic ring is 1. The van der Waals surface area contributed by atoms with Crippen LogP contribution in [0.3, 0.4) is 0 Å². The lowest BCUT2D eigenvalue weighted by molar-refractivity contribution is -0.384. The van der Waals surface area contributed by atoms with Crippen LogP contribution in [0.1, 0.15) is 5.56 Å². The largest absolute Gasteiger partial charge is 0.488 e. The van der Waals surface area contributed by atoms with Gasteiger partial charge in [0.2, 0.25) is 0 Å². The summed E-state index contributed by atoms with van der Waals surface area (Å²) in [7, 11) is 0. The molecule has 0 fully saturated rings. The normalized spacial score (nSPS) is 10.3. The standard InChI is InChI=1S/C13H10BrClN2O3/c14-10-6-9(15)2-4-13(10)20-7-8-1-3-11(16)12(5-8)17(18)19/h1-6H,7,16H2. The lowest BCUT2D eigenvalue weighted by Gasteiger charge is -2.09. The average Bonchev–Trinajstić information content (AvgIpc) is 2.39. The van der Waals surface area contributed by atoms with E-state index in [1.807, 2.05) is 0 Å². The predicted molar refractivity (Wildman–Crippen MR) is 81.0 cm³/mol. The molecule has 2 N–H and O–H groups in total. The zero-order valence-corrected chi connectivity index (χ0v) is 12.5. The Bertz CT molecular complexity index is 664. The number of ether oxygens (including phenoxy) is 1. The minimum atomic E-state index is -0.517. The van der Waals surface area contributed by atoms with Crippen molar-refractivity contribution in [2.24, 2.45) is 0 Å². The minimum absolute atomic E-state index is 0.124. The van der Waals surface area contributed by atoms with Crippen molar-refractivity contribution >= 4 is 38.9 Å². The van der Waals surface area contributed by atoms with E-state index in [9.17, 15) is 10.1 Å². The third-order valence-corrected chi connectivity index (χ3v) is 3.43. The van der Waals surface area contributed by atoms with Crippen molar-refractivity contribution in [1.82, 2.24) is 0 Å². The minimum Gasteiger partial charge on any atom is -0.488 e. The molecule has 7 heteroatoms. The van der Waals surface area contributed by atoms with Crippen LogP contribution in [-0.2, 0) is 6.61 Å². The second-order valence-electron chi connectivity index (χ2n) is 4.01. The number of benzene rings is 2. The molecule has 20 heavy (non-hydrogen) atoms. The van der Waals surface area contributed by atoms with E-state index in [-0.39, 0.29) is 18.0 Å². The van der Waals surface area contributed by atoms with Crippen molar-refractivity contribution in [2.45, 2.75) is 6.61 Å². The number of nitrogens with zero attached hydrogens (tertiary/aromatic N) is 1. The molecule has 0 saturated heterocycles. The van der Waals surface area contributed by atoms with Crippen molar-refractivity contribution in [3.8, 4) is 5.75 Å². The van der Waals surface area contributed by atoms with E-state index < -0.39 is 4.92 Å². The highest BCUT2D eigenvalue weighted by molar-refractivity contribution is 9.10. The number of nitrogens with two attached hydrogens (primary N) is 1. The van der Waals surface area contributed by atoms with Gasteiger partial charge in [-0.3, -0.25) is 10.1 Å². The maximum atomic E-state index is 10.8. The molecule has 104 valence electrons. The summed E-state index contributed by atoms with van der Waals surface area (Å²) >= 11 is 9.17. The molecule has 2 aromatic rings. The highest BCUT2D eigenvalue weighted by Crippen LogP contribution is 2.29. The summed E-state index contributed by atoms with van der Waals surface area (Å²) in [6, 6.07) is 9.71. The number of hydrogen-bond acceptors (Lipinski definition) is 4. The molecule has 0 atom stereocenters. The SMILES string of the molecule is Nc1ccc(COc2ccc(Cl)cc2Br)cc1[N+](=O)[O-]. The zero-order valence-electron chi connectivity index (χ0n) is 10.2. The predicted octanol–water partition coefficient (Wildman–Crippen LogP) is 4.17. The van der Waals surface area contributed by atoms with Gasteiger partial charge in [0, 0.05) is 11.1 Å². The maximum Gasteiger partial charge on any atom is 0.292 e. The van der Waals surface area contributed by atoms with Gasteiger partial charge in [0.25, 0.3) is 5.69 Å². The number of hydrogen-bond donors (Lipinski definition) is 1. The van der Waals surface area contributed by atoms with E-state index in [1.54, 1.807) is 24.3 Å². The zero-order chi connectivity index (χ0) is 14.7. The molecule has 0 saturated carbocycles. The van der Waals surface area contributed by atoms with Gasteiger partial charge in [0.05, 0.1) is 9.40 Å². The second kappa shape index (κ2) is 6.11. The van der Waals surface area contributed by atoms with Gasteiger partial charge in [-0.1, -0.05) is 17.7 Å². The highest BCUT2D eigenvalue weighted by Gasteiger charge is 2.12. The molecule has 2 rings (SSSR count). The summed E-state index contributed by atoms with van der Waals surface area (Å²) in [5.74, 6) is 0.605. The molecular formula is C13H10BrClN2O3. The molecular weight excluding hydrogens is 348 g/mol. The first-order valence-electron chi connectivity index (χ1n) is 5.58. The summed E-state index contributed by atoms with van der Waals surface area (Å²) in [5, 5.41) is 11.4. The van der Waals surface area contributed by atoms with Crippen LogP contribution in [0.25, 0.3) is 0 Å². The fraction of sp³-hybridized carbons (Fsp3) is 0.0769. The van der Waals surface area contributed by atoms with E-state index in [4.69, 9.17) is 22.1 Å². The van der Waals surface area contributed by atoms with Crippen LogP contribution in [0, 0.1) is 10.1 Å². The Morgan fingerprint density at radius 3 is 2.70 bits per heavy atom. The lowest BCUT2D eigenvalue weighted by Crippen LogP contribution is -2.00. The molecule has 0 unspecified atom stereocenters. The Morgan fingerprint density at radius 2 is 2.05 bits per heavy atom. The van der Waals surface area contributed by atoms with Crippen molar-refractivity contribution < 1.29 is 9.66 Å². The Morgan fingerprint density at radius 1 is 1.30 bits per heavy atom.